The average molecular weight is 257 g/mol. The first-order chi connectivity index (χ1) is 8.49. The number of halogens is 1. The first kappa shape index (κ1) is 14.2. The summed E-state index contributed by atoms with van der Waals surface area (Å²) in [4.78, 5) is 11.4. The van der Waals surface area contributed by atoms with Crippen LogP contribution in [0, 0.1) is 5.82 Å². The summed E-state index contributed by atoms with van der Waals surface area (Å²) in [5.41, 5.74) is 5.61. The van der Waals surface area contributed by atoms with Gasteiger partial charge in [0.15, 0.2) is 11.6 Å². The van der Waals surface area contributed by atoms with Crippen LogP contribution in [-0.4, -0.2) is 32.9 Å². The molecule has 0 aromatic heterocycles. The van der Waals surface area contributed by atoms with E-state index < -0.39 is 11.8 Å². The Hall–Kier alpha value is -1.82. The molecule has 0 aliphatic rings. The summed E-state index contributed by atoms with van der Waals surface area (Å²) < 4.78 is 28.3. The number of methoxy groups -OCH3 is 2. The van der Waals surface area contributed by atoms with E-state index in [1.54, 1.807) is 6.92 Å². The van der Waals surface area contributed by atoms with E-state index in [0.717, 1.165) is 6.07 Å². The maximum absolute atomic E-state index is 13.6. The fraction of sp³-hybridized carbons (Fsp3) is 0.417. The molecule has 2 N–H and O–H groups in total. The molecule has 0 amide bonds. The second kappa shape index (κ2) is 6.20. The molecule has 18 heavy (non-hydrogen) atoms. The molecular weight excluding hydrogens is 241 g/mol. The van der Waals surface area contributed by atoms with Gasteiger partial charge in [0.1, 0.15) is 6.10 Å². The number of hydrogen-bond acceptors (Lipinski definition) is 5. The number of esters is 1. The van der Waals surface area contributed by atoms with Crippen LogP contribution in [-0.2, 0) is 9.47 Å². The first-order valence-corrected chi connectivity index (χ1v) is 5.32. The minimum absolute atomic E-state index is 0.00564. The first-order valence-electron chi connectivity index (χ1n) is 5.32. The molecule has 6 heteroatoms. The Labute approximate surface area is 105 Å². The fourth-order valence-corrected chi connectivity index (χ4v) is 1.43. The Kier molecular flexibility index (Phi) is 4.91. The lowest BCUT2D eigenvalue weighted by molar-refractivity contribution is 0.0599. The highest BCUT2D eigenvalue weighted by atomic mass is 19.1. The van der Waals surface area contributed by atoms with Crippen LogP contribution in [0.25, 0.3) is 0 Å². The molecule has 5 nitrogen and oxygen atoms in total. The van der Waals surface area contributed by atoms with Gasteiger partial charge in [0.2, 0.25) is 0 Å². The number of nitrogen functional groups attached to an aromatic ring is 1. The SMILES string of the molecule is COCC(C)Oc1cc(C(=O)OC)c(N)cc1F. The minimum atomic E-state index is -0.642. The Morgan fingerprint density at radius 1 is 1.44 bits per heavy atom. The highest BCUT2D eigenvalue weighted by Crippen LogP contribution is 2.25. The van der Waals surface area contributed by atoms with Crippen molar-refractivity contribution in [3.63, 3.8) is 0 Å². The summed E-state index contributed by atoms with van der Waals surface area (Å²) in [6, 6.07) is 2.25. The van der Waals surface area contributed by atoms with E-state index in [1.165, 1.54) is 20.3 Å². The summed E-state index contributed by atoms with van der Waals surface area (Å²) in [6.07, 6.45) is -0.348. The molecule has 0 saturated heterocycles. The van der Waals surface area contributed by atoms with Crippen LogP contribution in [0.1, 0.15) is 17.3 Å². The van der Waals surface area contributed by atoms with E-state index in [0.29, 0.717) is 6.61 Å². The number of carbonyl (C=O) groups excluding carboxylic acids is 1. The molecule has 1 unspecified atom stereocenters. The molecule has 0 radical (unpaired) electrons. The maximum Gasteiger partial charge on any atom is 0.340 e. The van der Waals surface area contributed by atoms with Gasteiger partial charge in [-0.25, -0.2) is 9.18 Å². The van der Waals surface area contributed by atoms with Crippen LogP contribution < -0.4 is 10.5 Å². The normalized spacial score (nSPS) is 12.0. The van der Waals surface area contributed by atoms with Crippen LogP contribution in [0.3, 0.4) is 0 Å². The number of ether oxygens (including phenoxy) is 3. The molecule has 1 atom stereocenters. The van der Waals surface area contributed by atoms with Crippen molar-refractivity contribution in [3.8, 4) is 5.75 Å². The molecular formula is C12H16FNO4. The third-order valence-corrected chi connectivity index (χ3v) is 2.24. The lowest BCUT2D eigenvalue weighted by Crippen LogP contribution is -2.19. The van der Waals surface area contributed by atoms with Gasteiger partial charge >= 0.3 is 5.97 Å². The van der Waals surface area contributed by atoms with Crippen molar-refractivity contribution >= 4 is 11.7 Å². The monoisotopic (exact) mass is 257 g/mol. The van der Waals surface area contributed by atoms with Gasteiger partial charge in [-0.15, -0.1) is 0 Å². The van der Waals surface area contributed by atoms with Gasteiger partial charge in [0.25, 0.3) is 0 Å². The predicted octanol–water partition coefficient (Wildman–Crippen LogP) is 1.61. The van der Waals surface area contributed by atoms with Crippen molar-refractivity contribution in [3.05, 3.63) is 23.5 Å². The van der Waals surface area contributed by atoms with Crippen molar-refractivity contribution in [1.29, 1.82) is 0 Å². The summed E-state index contributed by atoms with van der Waals surface area (Å²) in [5.74, 6) is -1.34. The summed E-state index contributed by atoms with van der Waals surface area (Å²) in [7, 11) is 2.73. The van der Waals surface area contributed by atoms with E-state index in [4.69, 9.17) is 15.2 Å². The molecule has 1 aromatic carbocycles. The van der Waals surface area contributed by atoms with Crippen LogP contribution in [0.2, 0.25) is 0 Å². The van der Waals surface area contributed by atoms with E-state index in [1.807, 2.05) is 0 Å². The summed E-state index contributed by atoms with van der Waals surface area (Å²) in [5, 5.41) is 0. The predicted molar refractivity (Wildman–Crippen MR) is 64.1 cm³/mol. The number of rotatable bonds is 5. The highest BCUT2D eigenvalue weighted by Gasteiger charge is 2.17. The van der Waals surface area contributed by atoms with Crippen LogP contribution in [0.4, 0.5) is 10.1 Å². The zero-order valence-electron chi connectivity index (χ0n) is 10.5. The number of nitrogens with two attached hydrogens (primary N) is 1. The Bertz CT molecular complexity index is 436. The molecule has 1 rings (SSSR count). The second-order valence-corrected chi connectivity index (χ2v) is 3.75. The Morgan fingerprint density at radius 3 is 2.67 bits per heavy atom. The molecule has 0 spiro atoms. The third kappa shape index (κ3) is 3.33. The average Bonchev–Trinajstić information content (AvgIpc) is 2.32. The van der Waals surface area contributed by atoms with E-state index in [9.17, 15) is 9.18 Å². The molecule has 0 bridgehead atoms. The topological polar surface area (TPSA) is 70.8 Å². The van der Waals surface area contributed by atoms with Crippen molar-refractivity contribution in [1.82, 2.24) is 0 Å². The molecule has 1 aromatic rings. The molecule has 0 aliphatic heterocycles. The smallest absolute Gasteiger partial charge is 0.340 e. The second-order valence-electron chi connectivity index (χ2n) is 3.75. The van der Waals surface area contributed by atoms with Gasteiger partial charge in [-0.2, -0.15) is 0 Å². The van der Waals surface area contributed by atoms with Gasteiger partial charge in [-0.1, -0.05) is 0 Å². The van der Waals surface area contributed by atoms with E-state index >= 15 is 0 Å². The van der Waals surface area contributed by atoms with Crippen molar-refractivity contribution in [2.75, 3.05) is 26.6 Å². The zero-order chi connectivity index (χ0) is 13.7. The lowest BCUT2D eigenvalue weighted by atomic mass is 10.1. The molecule has 0 heterocycles. The van der Waals surface area contributed by atoms with Crippen molar-refractivity contribution in [2.45, 2.75) is 13.0 Å². The summed E-state index contributed by atoms with van der Waals surface area (Å²) in [6.45, 7) is 2.02. The fourth-order valence-electron chi connectivity index (χ4n) is 1.43. The van der Waals surface area contributed by atoms with Gasteiger partial charge in [0.05, 0.1) is 19.3 Å². The number of carbonyl (C=O) groups is 1. The van der Waals surface area contributed by atoms with Crippen LogP contribution >= 0.6 is 0 Å². The molecule has 0 fully saturated rings. The quantitative estimate of drug-likeness (QED) is 0.641. The van der Waals surface area contributed by atoms with Crippen LogP contribution in [0.15, 0.2) is 12.1 Å². The van der Waals surface area contributed by atoms with Crippen molar-refractivity contribution in [2.24, 2.45) is 0 Å². The van der Waals surface area contributed by atoms with Gasteiger partial charge in [-0.05, 0) is 13.0 Å². The molecule has 0 aliphatic carbocycles. The molecule has 0 saturated carbocycles. The van der Waals surface area contributed by atoms with E-state index in [2.05, 4.69) is 4.74 Å². The Balaban J connectivity index is 3.01. The minimum Gasteiger partial charge on any atom is -0.485 e. The molecule has 100 valence electrons. The summed E-state index contributed by atoms with van der Waals surface area (Å²) >= 11 is 0. The number of anilines is 1. The maximum atomic E-state index is 13.6. The number of benzene rings is 1. The number of hydrogen-bond donors (Lipinski definition) is 1. The zero-order valence-corrected chi connectivity index (χ0v) is 10.5. The van der Waals surface area contributed by atoms with E-state index in [-0.39, 0.29) is 23.1 Å². The largest absolute Gasteiger partial charge is 0.485 e. The van der Waals surface area contributed by atoms with Gasteiger partial charge in [-0.3, -0.25) is 0 Å². The lowest BCUT2D eigenvalue weighted by Gasteiger charge is -2.15. The third-order valence-electron chi connectivity index (χ3n) is 2.24. The van der Waals surface area contributed by atoms with Crippen LogP contribution in [0.5, 0.6) is 5.75 Å². The van der Waals surface area contributed by atoms with Gasteiger partial charge < -0.3 is 19.9 Å². The van der Waals surface area contributed by atoms with Crippen molar-refractivity contribution < 1.29 is 23.4 Å². The van der Waals surface area contributed by atoms with Gasteiger partial charge in [0, 0.05) is 18.9 Å². The Morgan fingerprint density at radius 2 is 2.11 bits per heavy atom. The standard InChI is InChI=1S/C12H16FNO4/c1-7(6-16-2)18-11-4-8(12(15)17-3)10(14)5-9(11)13/h4-5,7H,6,14H2,1-3H3. The highest BCUT2D eigenvalue weighted by molar-refractivity contribution is 5.95.